The first-order chi connectivity index (χ1) is 10.2. The molecule has 2 saturated heterocycles. The van der Waals surface area contributed by atoms with Crippen LogP contribution in [-0.4, -0.2) is 43.3 Å². The first-order valence-electron chi connectivity index (χ1n) is 8.00. The van der Waals surface area contributed by atoms with E-state index in [0.717, 1.165) is 25.3 Å². The van der Waals surface area contributed by atoms with Crippen molar-refractivity contribution >= 4 is 0 Å². The summed E-state index contributed by atoms with van der Waals surface area (Å²) in [6.07, 6.45) is 4.12. The van der Waals surface area contributed by atoms with Crippen LogP contribution in [0, 0.1) is 0 Å². The van der Waals surface area contributed by atoms with Crippen LogP contribution in [0.25, 0.3) is 0 Å². The summed E-state index contributed by atoms with van der Waals surface area (Å²) >= 11 is 0. The lowest BCUT2D eigenvalue weighted by Gasteiger charge is -2.40. The number of rotatable bonds is 5. The van der Waals surface area contributed by atoms with Gasteiger partial charge in [0.1, 0.15) is 5.75 Å². The van der Waals surface area contributed by atoms with Gasteiger partial charge in [-0.05, 0) is 37.0 Å². The summed E-state index contributed by atoms with van der Waals surface area (Å²) in [6, 6.07) is 8.71. The van der Waals surface area contributed by atoms with Crippen molar-refractivity contribution in [1.29, 1.82) is 0 Å². The number of benzene rings is 1. The molecule has 0 radical (unpaired) electrons. The van der Waals surface area contributed by atoms with Crippen LogP contribution in [0.3, 0.4) is 0 Å². The molecule has 0 amide bonds. The summed E-state index contributed by atoms with van der Waals surface area (Å²) in [7, 11) is 1.71. The Bertz CT molecular complexity index is 468. The van der Waals surface area contributed by atoms with Crippen molar-refractivity contribution in [2.45, 2.75) is 50.5 Å². The second-order valence-corrected chi connectivity index (χ2v) is 6.20. The van der Waals surface area contributed by atoms with Gasteiger partial charge in [0.05, 0.1) is 25.4 Å². The number of methoxy groups -OCH3 is 1. The summed E-state index contributed by atoms with van der Waals surface area (Å²) in [4.78, 5) is 2.52. The fraction of sp³-hybridized carbons (Fsp3) is 0.647. The highest BCUT2D eigenvalue weighted by atomic mass is 16.5. The number of hydrogen-bond donors (Lipinski definition) is 1. The van der Waals surface area contributed by atoms with E-state index in [1.807, 2.05) is 6.07 Å². The molecule has 4 unspecified atom stereocenters. The first-order valence-corrected chi connectivity index (χ1v) is 8.00. The number of nitrogens with two attached hydrogens (primary N) is 1. The second kappa shape index (κ2) is 6.34. The van der Waals surface area contributed by atoms with Crippen molar-refractivity contribution in [2.24, 2.45) is 5.73 Å². The molecule has 2 fully saturated rings. The minimum Gasteiger partial charge on any atom is -0.497 e. The third-order valence-electron chi connectivity index (χ3n) is 4.78. The zero-order valence-corrected chi connectivity index (χ0v) is 13.0. The molecule has 0 aromatic heterocycles. The van der Waals surface area contributed by atoms with Gasteiger partial charge in [0.15, 0.2) is 0 Å². The van der Waals surface area contributed by atoms with E-state index in [2.05, 4.69) is 30.0 Å². The van der Waals surface area contributed by atoms with Crippen LogP contribution in [0.4, 0.5) is 0 Å². The van der Waals surface area contributed by atoms with E-state index in [1.165, 1.54) is 18.4 Å². The van der Waals surface area contributed by atoms with Crippen molar-refractivity contribution < 1.29 is 9.47 Å². The minimum absolute atomic E-state index is 0.134. The minimum atomic E-state index is 0.134. The zero-order chi connectivity index (χ0) is 14.8. The van der Waals surface area contributed by atoms with Gasteiger partial charge in [-0.15, -0.1) is 0 Å². The maximum atomic E-state index is 6.46. The van der Waals surface area contributed by atoms with E-state index in [0.29, 0.717) is 12.2 Å². The Morgan fingerprint density at radius 2 is 2.05 bits per heavy atom. The van der Waals surface area contributed by atoms with Crippen molar-refractivity contribution in [1.82, 2.24) is 4.90 Å². The third kappa shape index (κ3) is 3.07. The van der Waals surface area contributed by atoms with Crippen molar-refractivity contribution in [3.05, 3.63) is 29.8 Å². The summed E-state index contributed by atoms with van der Waals surface area (Å²) in [5, 5.41) is 0. The highest BCUT2D eigenvalue weighted by molar-refractivity contribution is 5.31. The lowest BCUT2D eigenvalue weighted by atomic mass is 9.95. The van der Waals surface area contributed by atoms with Gasteiger partial charge in [0, 0.05) is 19.1 Å². The topological polar surface area (TPSA) is 47.7 Å². The average molecular weight is 290 g/mol. The van der Waals surface area contributed by atoms with E-state index in [4.69, 9.17) is 15.2 Å². The quantitative estimate of drug-likeness (QED) is 0.904. The molecule has 2 bridgehead atoms. The Morgan fingerprint density at radius 1 is 1.33 bits per heavy atom. The summed E-state index contributed by atoms with van der Waals surface area (Å²) < 4.78 is 11.3. The number of morpholine rings is 1. The number of fused-ring (bicyclic) bond motifs is 2. The van der Waals surface area contributed by atoms with Gasteiger partial charge in [-0.25, -0.2) is 0 Å². The van der Waals surface area contributed by atoms with Crippen LogP contribution in [-0.2, 0) is 4.74 Å². The second-order valence-electron chi connectivity index (χ2n) is 6.20. The molecule has 3 rings (SSSR count). The number of hydrogen-bond acceptors (Lipinski definition) is 4. The highest BCUT2D eigenvalue weighted by Gasteiger charge is 2.38. The molecule has 2 aliphatic heterocycles. The van der Waals surface area contributed by atoms with Crippen molar-refractivity contribution in [3.8, 4) is 5.75 Å². The lowest BCUT2D eigenvalue weighted by Crippen LogP contribution is -2.49. The maximum Gasteiger partial charge on any atom is 0.119 e. The lowest BCUT2D eigenvalue weighted by molar-refractivity contribution is -0.0568. The molecule has 21 heavy (non-hydrogen) atoms. The Hall–Kier alpha value is -1.10. The standard InChI is InChI=1S/C17H26N2O2/c1-3-16(18)17(12-5-4-6-13(9-12)20-2)19-10-14-7-8-15(11-19)21-14/h4-6,9,14-17H,3,7-8,10-11,18H2,1-2H3. The van der Waals surface area contributed by atoms with Gasteiger partial charge in [0.25, 0.3) is 0 Å². The van der Waals surface area contributed by atoms with Crippen LogP contribution in [0.15, 0.2) is 24.3 Å². The highest BCUT2D eigenvalue weighted by Crippen LogP contribution is 2.34. The van der Waals surface area contributed by atoms with E-state index in [-0.39, 0.29) is 12.1 Å². The molecule has 4 heteroatoms. The fourth-order valence-corrected chi connectivity index (χ4v) is 3.65. The summed E-state index contributed by atoms with van der Waals surface area (Å²) in [5.41, 5.74) is 7.71. The van der Waals surface area contributed by atoms with Gasteiger partial charge < -0.3 is 15.2 Å². The largest absolute Gasteiger partial charge is 0.497 e. The van der Waals surface area contributed by atoms with Crippen molar-refractivity contribution in [3.63, 3.8) is 0 Å². The van der Waals surface area contributed by atoms with Crippen molar-refractivity contribution in [2.75, 3.05) is 20.2 Å². The van der Waals surface area contributed by atoms with Gasteiger partial charge in [-0.1, -0.05) is 19.1 Å². The average Bonchev–Trinajstić information content (AvgIpc) is 2.86. The molecule has 0 saturated carbocycles. The first kappa shape index (κ1) is 14.8. The van der Waals surface area contributed by atoms with E-state index < -0.39 is 0 Å². The van der Waals surface area contributed by atoms with Crippen LogP contribution in [0.1, 0.15) is 37.8 Å². The molecule has 116 valence electrons. The Kier molecular flexibility index (Phi) is 4.48. The predicted molar refractivity (Wildman–Crippen MR) is 83.5 cm³/mol. The van der Waals surface area contributed by atoms with Crippen LogP contribution >= 0.6 is 0 Å². The predicted octanol–water partition coefficient (Wildman–Crippen LogP) is 2.34. The molecule has 1 aromatic carbocycles. The monoisotopic (exact) mass is 290 g/mol. The molecule has 4 nitrogen and oxygen atoms in total. The number of ether oxygens (including phenoxy) is 2. The molecular formula is C17H26N2O2. The molecule has 1 aromatic rings. The fourth-order valence-electron chi connectivity index (χ4n) is 3.65. The number of nitrogens with zero attached hydrogens (tertiary/aromatic N) is 1. The molecule has 4 atom stereocenters. The normalized spacial score (nSPS) is 28.3. The van der Waals surface area contributed by atoms with Gasteiger partial charge in [-0.3, -0.25) is 4.90 Å². The number of likely N-dealkylation sites (tertiary alicyclic amines) is 1. The third-order valence-corrected chi connectivity index (χ3v) is 4.78. The van der Waals surface area contributed by atoms with E-state index >= 15 is 0 Å². The van der Waals surface area contributed by atoms with E-state index in [1.54, 1.807) is 7.11 Å². The smallest absolute Gasteiger partial charge is 0.119 e. The van der Waals surface area contributed by atoms with Crippen LogP contribution < -0.4 is 10.5 Å². The zero-order valence-electron chi connectivity index (χ0n) is 13.0. The molecule has 2 N–H and O–H groups in total. The molecular weight excluding hydrogens is 264 g/mol. The van der Waals surface area contributed by atoms with Crippen LogP contribution in [0.2, 0.25) is 0 Å². The van der Waals surface area contributed by atoms with Gasteiger partial charge in [-0.2, -0.15) is 0 Å². The molecule has 2 aliphatic rings. The van der Waals surface area contributed by atoms with Gasteiger partial charge >= 0.3 is 0 Å². The van der Waals surface area contributed by atoms with E-state index in [9.17, 15) is 0 Å². The van der Waals surface area contributed by atoms with Crippen LogP contribution in [0.5, 0.6) is 5.75 Å². The van der Waals surface area contributed by atoms with Gasteiger partial charge in [0.2, 0.25) is 0 Å². The Balaban J connectivity index is 1.86. The Labute approximate surface area is 127 Å². The Morgan fingerprint density at radius 3 is 2.67 bits per heavy atom. The summed E-state index contributed by atoms with van der Waals surface area (Å²) in [6.45, 7) is 4.14. The maximum absolute atomic E-state index is 6.46. The summed E-state index contributed by atoms with van der Waals surface area (Å²) in [5.74, 6) is 0.900. The molecule has 2 heterocycles. The SMILES string of the molecule is CCC(N)C(c1cccc(OC)c1)N1CC2CCC(C1)O2. The molecule has 0 aliphatic carbocycles. The molecule has 0 spiro atoms.